The second-order valence-corrected chi connectivity index (χ2v) is 4.24. The van der Waals surface area contributed by atoms with Gasteiger partial charge in [-0.15, -0.1) is 0 Å². The van der Waals surface area contributed by atoms with E-state index in [1.54, 1.807) is 0 Å². The molecule has 0 aromatic carbocycles. The van der Waals surface area contributed by atoms with Gasteiger partial charge in [0.2, 0.25) is 0 Å². The topological polar surface area (TPSA) is 26.0 Å². The van der Waals surface area contributed by atoms with E-state index in [0.29, 0.717) is 6.42 Å². The molecule has 14 heavy (non-hydrogen) atoms. The molecule has 84 valence electrons. The molecular formula is C10H18F3N. The molecule has 3 unspecified atom stereocenters. The Bertz CT molecular complexity index is 179. The van der Waals surface area contributed by atoms with E-state index in [-0.39, 0.29) is 24.8 Å². The monoisotopic (exact) mass is 209 g/mol. The van der Waals surface area contributed by atoms with Crippen molar-refractivity contribution in [2.24, 2.45) is 17.6 Å². The Hall–Kier alpha value is -0.250. The van der Waals surface area contributed by atoms with E-state index in [2.05, 4.69) is 0 Å². The van der Waals surface area contributed by atoms with Crippen LogP contribution < -0.4 is 5.73 Å². The van der Waals surface area contributed by atoms with E-state index in [1.807, 2.05) is 6.92 Å². The van der Waals surface area contributed by atoms with E-state index >= 15 is 0 Å². The summed E-state index contributed by atoms with van der Waals surface area (Å²) in [4.78, 5) is 0. The summed E-state index contributed by atoms with van der Waals surface area (Å²) in [6.45, 7) is 1.93. The van der Waals surface area contributed by atoms with Crippen LogP contribution in [0.3, 0.4) is 0 Å². The molecule has 2 N–H and O–H groups in total. The van der Waals surface area contributed by atoms with Gasteiger partial charge >= 0.3 is 6.18 Å². The van der Waals surface area contributed by atoms with Crippen LogP contribution in [-0.2, 0) is 0 Å². The molecule has 1 fully saturated rings. The number of halogens is 3. The molecule has 0 aliphatic heterocycles. The average Bonchev–Trinajstić information content (AvgIpc) is 2.15. The van der Waals surface area contributed by atoms with Crippen molar-refractivity contribution in [3.05, 3.63) is 0 Å². The highest BCUT2D eigenvalue weighted by molar-refractivity contribution is 4.82. The fourth-order valence-corrected chi connectivity index (χ4v) is 2.25. The molecule has 0 spiro atoms. The first kappa shape index (κ1) is 11.8. The molecular weight excluding hydrogens is 191 g/mol. The third-order valence-corrected chi connectivity index (χ3v) is 3.25. The van der Waals surface area contributed by atoms with Crippen LogP contribution in [0.25, 0.3) is 0 Å². The van der Waals surface area contributed by atoms with Crippen molar-refractivity contribution in [2.75, 3.05) is 0 Å². The molecule has 4 heteroatoms. The Kier molecular flexibility index (Phi) is 3.81. The summed E-state index contributed by atoms with van der Waals surface area (Å²) in [7, 11) is 0. The summed E-state index contributed by atoms with van der Waals surface area (Å²) in [5.41, 5.74) is 5.79. The van der Waals surface area contributed by atoms with Crippen molar-refractivity contribution in [3.63, 3.8) is 0 Å². The van der Waals surface area contributed by atoms with Gasteiger partial charge in [-0.05, 0) is 31.6 Å². The number of hydrogen-bond donors (Lipinski definition) is 1. The van der Waals surface area contributed by atoms with Crippen LogP contribution >= 0.6 is 0 Å². The largest absolute Gasteiger partial charge is 0.391 e. The number of nitrogens with two attached hydrogens (primary N) is 1. The smallest absolute Gasteiger partial charge is 0.327 e. The van der Waals surface area contributed by atoms with Crippen molar-refractivity contribution in [2.45, 2.75) is 51.2 Å². The minimum absolute atomic E-state index is 0.0554. The Morgan fingerprint density at radius 2 is 2.00 bits per heavy atom. The fraction of sp³-hybridized carbons (Fsp3) is 1.00. The lowest BCUT2D eigenvalue weighted by Gasteiger charge is -2.33. The van der Waals surface area contributed by atoms with Crippen LogP contribution in [0.2, 0.25) is 0 Å². The first-order valence-electron chi connectivity index (χ1n) is 5.27. The second-order valence-electron chi connectivity index (χ2n) is 4.24. The lowest BCUT2D eigenvalue weighted by molar-refractivity contribution is -0.186. The molecule has 3 atom stereocenters. The van der Waals surface area contributed by atoms with Gasteiger partial charge in [0.1, 0.15) is 0 Å². The summed E-state index contributed by atoms with van der Waals surface area (Å²) in [6, 6.07) is -0.0554. The number of hydrogen-bond acceptors (Lipinski definition) is 1. The van der Waals surface area contributed by atoms with E-state index in [4.69, 9.17) is 5.73 Å². The second kappa shape index (κ2) is 4.51. The third kappa shape index (κ3) is 2.87. The first-order chi connectivity index (χ1) is 6.45. The maximum absolute atomic E-state index is 12.4. The van der Waals surface area contributed by atoms with Crippen molar-refractivity contribution < 1.29 is 13.2 Å². The van der Waals surface area contributed by atoms with Gasteiger partial charge in [-0.2, -0.15) is 13.2 Å². The lowest BCUT2D eigenvalue weighted by Crippen LogP contribution is -2.37. The average molecular weight is 209 g/mol. The minimum atomic E-state index is -4.02. The van der Waals surface area contributed by atoms with E-state index in [9.17, 15) is 13.2 Å². The van der Waals surface area contributed by atoms with Gasteiger partial charge in [0.05, 0.1) is 5.92 Å². The van der Waals surface area contributed by atoms with E-state index in [0.717, 1.165) is 12.8 Å². The normalized spacial score (nSPS) is 31.5. The molecule has 1 rings (SSSR count). The van der Waals surface area contributed by atoms with Gasteiger partial charge in [-0.25, -0.2) is 0 Å². The SMILES string of the molecule is CCC(N)C1CCCC(C(F)(F)F)C1. The van der Waals surface area contributed by atoms with Crippen LogP contribution in [0.1, 0.15) is 39.0 Å². The van der Waals surface area contributed by atoms with Crippen LogP contribution in [0.5, 0.6) is 0 Å². The van der Waals surface area contributed by atoms with Gasteiger partial charge in [0.15, 0.2) is 0 Å². The molecule has 1 aliphatic carbocycles. The summed E-state index contributed by atoms with van der Waals surface area (Å²) >= 11 is 0. The Morgan fingerprint density at radius 3 is 2.50 bits per heavy atom. The van der Waals surface area contributed by atoms with Crippen LogP contribution in [0.4, 0.5) is 13.2 Å². The summed E-state index contributed by atoms with van der Waals surface area (Å²) in [5.74, 6) is -1.04. The van der Waals surface area contributed by atoms with Crippen molar-refractivity contribution in [3.8, 4) is 0 Å². The Morgan fingerprint density at radius 1 is 1.36 bits per heavy atom. The number of alkyl halides is 3. The highest BCUT2D eigenvalue weighted by Gasteiger charge is 2.42. The lowest BCUT2D eigenvalue weighted by atomic mass is 9.77. The van der Waals surface area contributed by atoms with Crippen molar-refractivity contribution >= 4 is 0 Å². The quantitative estimate of drug-likeness (QED) is 0.743. The maximum atomic E-state index is 12.4. The van der Waals surface area contributed by atoms with Gasteiger partial charge in [0.25, 0.3) is 0 Å². The van der Waals surface area contributed by atoms with Gasteiger partial charge in [-0.1, -0.05) is 13.3 Å². The van der Waals surface area contributed by atoms with Crippen LogP contribution in [0.15, 0.2) is 0 Å². The molecule has 0 aromatic rings. The third-order valence-electron chi connectivity index (χ3n) is 3.25. The first-order valence-corrected chi connectivity index (χ1v) is 5.27. The molecule has 1 aliphatic rings. The van der Waals surface area contributed by atoms with Crippen molar-refractivity contribution in [1.29, 1.82) is 0 Å². The van der Waals surface area contributed by atoms with Gasteiger partial charge in [0, 0.05) is 6.04 Å². The van der Waals surface area contributed by atoms with Gasteiger partial charge in [-0.3, -0.25) is 0 Å². The van der Waals surface area contributed by atoms with Crippen LogP contribution in [0, 0.1) is 11.8 Å². The molecule has 1 saturated carbocycles. The summed E-state index contributed by atoms with van der Waals surface area (Å²) in [6.07, 6.45) is -1.19. The zero-order chi connectivity index (χ0) is 10.8. The van der Waals surface area contributed by atoms with Crippen LogP contribution in [-0.4, -0.2) is 12.2 Å². The predicted molar refractivity (Wildman–Crippen MR) is 49.8 cm³/mol. The summed E-state index contributed by atoms with van der Waals surface area (Å²) < 4.78 is 37.3. The fourth-order valence-electron chi connectivity index (χ4n) is 2.25. The Balaban J connectivity index is 2.52. The maximum Gasteiger partial charge on any atom is 0.391 e. The predicted octanol–water partition coefficient (Wildman–Crippen LogP) is 3.09. The Labute approximate surface area is 82.9 Å². The molecule has 0 heterocycles. The minimum Gasteiger partial charge on any atom is -0.327 e. The molecule has 0 amide bonds. The molecule has 1 nitrogen and oxygen atoms in total. The van der Waals surface area contributed by atoms with Gasteiger partial charge < -0.3 is 5.73 Å². The molecule has 0 aromatic heterocycles. The highest BCUT2D eigenvalue weighted by atomic mass is 19.4. The molecule has 0 radical (unpaired) electrons. The van der Waals surface area contributed by atoms with Crippen molar-refractivity contribution in [1.82, 2.24) is 0 Å². The van der Waals surface area contributed by atoms with E-state index < -0.39 is 12.1 Å². The zero-order valence-electron chi connectivity index (χ0n) is 8.48. The van der Waals surface area contributed by atoms with E-state index in [1.165, 1.54) is 0 Å². The molecule has 0 bridgehead atoms. The standard InChI is InChI=1S/C10H18F3N/c1-2-9(14)7-4-3-5-8(6-7)10(11,12)13/h7-9H,2-6,14H2,1H3. The number of rotatable bonds is 2. The highest BCUT2D eigenvalue weighted by Crippen LogP contribution is 2.40. The molecule has 0 saturated heterocycles. The summed E-state index contributed by atoms with van der Waals surface area (Å²) in [5, 5.41) is 0. The zero-order valence-corrected chi connectivity index (χ0v) is 8.48.